The zero-order chi connectivity index (χ0) is 22.1. The number of carboxylic acid groups (broad SMARTS) is 1. The Bertz CT molecular complexity index is 1110. The molecule has 3 N–H and O–H groups in total. The summed E-state index contributed by atoms with van der Waals surface area (Å²) in [7, 11) is 0. The van der Waals surface area contributed by atoms with Crippen molar-refractivity contribution < 1.29 is 49.0 Å². The number of hydrogen-bond donors (Lipinski definition) is 2. The number of β-lactam (4-membered cyclic amide) rings is 1. The van der Waals surface area contributed by atoms with Crippen LogP contribution in [-0.4, -0.2) is 60.8 Å². The molecule has 2 aliphatic rings. The molecule has 2 aromatic rings. The van der Waals surface area contributed by atoms with E-state index in [9.17, 15) is 19.5 Å². The number of nitrogen functional groups attached to an aromatic ring is 1. The van der Waals surface area contributed by atoms with Crippen LogP contribution in [0.3, 0.4) is 0 Å². The number of carbonyl (C=O) groups is 3. The van der Waals surface area contributed by atoms with Crippen LogP contribution < -0.4 is 45.7 Å². The summed E-state index contributed by atoms with van der Waals surface area (Å²) in [5, 5.41) is 23.4. The van der Waals surface area contributed by atoms with Crippen molar-refractivity contribution in [3.8, 4) is 0 Å². The van der Waals surface area contributed by atoms with Gasteiger partial charge in [0.05, 0.1) is 22.9 Å². The van der Waals surface area contributed by atoms with E-state index in [1.165, 1.54) is 34.9 Å². The second kappa shape index (κ2) is 10.9. The van der Waals surface area contributed by atoms with Crippen LogP contribution >= 0.6 is 57.8 Å². The number of thiazole rings is 1. The van der Waals surface area contributed by atoms with E-state index in [-0.39, 0.29) is 46.0 Å². The Balaban J connectivity index is 0.00000289. The van der Waals surface area contributed by atoms with Gasteiger partial charge >= 0.3 is 29.6 Å². The maximum Gasteiger partial charge on any atom is 1.00 e. The molecule has 0 spiro atoms. The van der Waals surface area contributed by atoms with Crippen LogP contribution in [0.2, 0.25) is 0 Å². The minimum atomic E-state index is -1.43. The van der Waals surface area contributed by atoms with Crippen molar-refractivity contribution in [1.82, 2.24) is 25.4 Å². The van der Waals surface area contributed by atoms with Gasteiger partial charge in [-0.05, 0) is 5.57 Å². The van der Waals surface area contributed by atoms with Crippen LogP contribution in [0.4, 0.5) is 5.13 Å². The predicted octanol–water partition coefficient (Wildman–Crippen LogP) is -2.64. The molecule has 16 heteroatoms. The van der Waals surface area contributed by atoms with Crippen LogP contribution in [0.1, 0.15) is 5.69 Å². The molecule has 0 aromatic carbocycles. The molecule has 4 rings (SSSR count). The Labute approximate surface area is 225 Å². The number of rotatable bonds is 7. The molecule has 2 aliphatic heterocycles. The number of nitrogens with zero attached hydrogens (tertiary/aromatic N) is 4. The van der Waals surface area contributed by atoms with Crippen LogP contribution in [0.25, 0.3) is 5.57 Å². The summed E-state index contributed by atoms with van der Waals surface area (Å²) in [5.41, 5.74) is 9.00. The predicted molar refractivity (Wildman–Crippen MR) is 118 cm³/mol. The van der Waals surface area contributed by atoms with Gasteiger partial charge < -0.3 is 21.0 Å². The molecule has 1 fully saturated rings. The van der Waals surface area contributed by atoms with E-state index in [1.54, 1.807) is 10.9 Å². The molecule has 0 radical (unpaired) electrons. The van der Waals surface area contributed by atoms with Crippen molar-refractivity contribution in [1.29, 1.82) is 0 Å². The van der Waals surface area contributed by atoms with Gasteiger partial charge in [0.1, 0.15) is 16.9 Å². The summed E-state index contributed by atoms with van der Waals surface area (Å²) in [5.74, 6) is -1.86. The summed E-state index contributed by atoms with van der Waals surface area (Å²) < 4.78 is 0.695. The van der Waals surface area contributed by atoms with Crippen molar-refractivity contribution in [2.24, 2.45) is 0 Å². The Kier molecular flexibility index (Phi) is 8.65. The molecule has 2 aromatic heterocycles. The fraction of sp³-hybridized carbons (Fsp3) is 0.250. The summed E-state index contributed by atoms with van der Waals surface area (Å²) in [6.45, 7) is 0. The minimum absolute atomic E-state index is 0. The van der Waals surface area contributed by atoms with Crippen molar-refractivity contribution in [2.45, 2.75) is 15.8 Å². The van der Waals surface area contributed by atoms with E-state index in [0.717, 1.165) is 21.8 Å². The summed E-state index contributed by atoms with van der Waals surface area (Å²) in [6, 6.07) is -0.896. The van der Waals surface area contributed by atoms with Crippen molar-refractivity contribution in [2.75, 3.05) is 17.2 Å². The quantitative estimate of drug-likeness (QED) is 0.165. The molecule has 1 unspecified atom stereocenters. The molecule has 1 saturated heterocycles. The van der Waals surface area contributed by atoms with Gasteiger partial charge in [0, 0.05) is 22.4 Å². The molecular formula is C16H12ClN6NaO4S4. The summed E-state index contributed by atoms with van der Waals surface area (Å²) in [4.78, 5) is 42.4. The van der Waals surface area contributed by atoms with Gasteiger partial charge in [-0.1, -0.05) is 34.7 Å². The molecule has 10 nitrogen and oxygen atoms in total. The molecule has 32 heavy (non-hydrogen) atoms. The summed E-state index contributed by atoms with van der Waals surface area (Å²) in [6.07, 6.45) is 0. The maximum absolute atomic E-state index is 12.7. The van der Waals surface area contributed by atoms with Crippen molar-refractivity contribution >= 4 is 86.3 Å². The number of nitrogens with one attached hydrogen (secondary N) is 1. The number of carbonyl (C=O) groups excluding carboxylic acids is 3. The first kappa shape index (κ1) is 25.5. The SMILES string of the molecule is Nc1nc(/C(=C\Cl)C(=O)NC2C(=O)N3C(C(=O)[O-])=C(CSc4nncs4)CS[C@H]23)cs1.[Na+]. The van der Waals surface area contributed by atoms with E-state index in [4.69, 9.17) is 17.3 Å². The number of halogens is 1. The number of thioether (sulfide) groups is 2. The molecule has 0 saturated carbocycles. The number of nitrogens with two attached hydrogens (primary N) is 1. The number of anilines is 1. The van der Waals surface area contributed by atoms with Gasteiger partial charge in [0.25, 0.3) is 11.8 Å². The average molecular weight is 539 g/mol. The molecule has 4 heterocycles. The monoisotopic (exact) mass is 538 g/mol. The van der Waals surface area contributed by atoms with E-state index in [2.05, 4.69) is 20.5 Å². The first-order chi connectivity index (χ1) is 14.9. The maximum atomic E-state index is 12.7. The Morgan fingerprint density at radius 1 is 1.44 bits per heavy atom. The number of amides is 2. The van der Waals surface area contributed by atoms with Gasteiger partial charge in [-0.15, -0.1) is 33.3 Å². The summed E-state index contributed by atoms with van der Waals surface area (Å²) >= 11 is 11.0. The Morgan fingerprint density at radius 3 is 2.81 bits per heavy atom. The van der Waals surface area contributed by atoms with Gasteiger partial charge in [-0.3, -0.25) is 14.5 Å². The molecular weight excluding hydrogens is 527 g/mol. The van der Waals surface area contributed by atoms with Crippen molar-refractivity contribution in [3.05, 3.63) is 33.4 Å². The van der Waals surface area contributed by atoms with Gasteiger partial charge in [0.2, 0.25) is 0 Å². The first-order valence-electron chi connectivity index (χ1n) is 8.50. The molecule has 162 valence electrons. The zero-order valence-corrected chi connectivity index (χ0v) is 22.3. The van der Waals surface area contributed by atoms with Crippen LogP contribution in [-0.2, 0) is 14.4 Å². The number of aromatic nitrogens is 3. The van der Waals surface area contributed by atoms with Crippen LogP contribution in [0.5, 0.6) is 0 Å². The fourth-order valence-corrected chi connectivity index (χ4v) is 6.76. The smallest absolute Gasteiger partial charge is 0.543 e. The van der Waals surface area contributed by atoms with E-state index >= 15 is 0 Å². The largest absolute Gasteiger partial charge is 1.00 e. The average Bonchev–Trinajstić information content (AvgIpc) is 3.42. The first-order valence-corrected chi connectivity index (χ1v) is 12.7. The Morgan fingerprint density at radius 2 is 2.22 bits per heavy atom. The number of hydrogen-bond acceptors (Lipinski definition) is 12. The second-order valence-corrected chi connectivity index (χ2v) is 10.5. The standard InChI is InChI=1S/C16H13ClN6O4S4.Na/c17-1-7(8-4-29-15(18)20-8)11(24)21-9-12(25)23-10(14(26)27)6(2-28-13(9)23)3-30-16-22-19-5-31-16;/h1,4-5,9,13H,2-3H2,(H2,18,20)(H,21,24)(H,26,27);/q;+1/p-1/b7-1+;/t9?,13-;/m1./s1. The molecule has 2 amide bonds. The third kappa shape index (κ3) is 5.01. The fourth-order valence-electron chi connectivity index (χ4n) is 3.01. The number of fused-ring (bicyclic) bond motifs is 1. The minimum Gasteiger partial charge on any atom is -0.543 e. The third-order valence-corrected chi connectivity index (χ3v) is 8.57. The normalized spacial score (nSPS) is 20.3. The van der Waals surface area contributed by atoms with E-state index < -0.39 is 29.2 Å². The van der Waals surface area contributed by atoms with Gasteiger partial charge in [-0.2, -0.15) is 0 Å². The van der Waals surface area contributed by atoms with E-state index in [0.29, 0.717) is 27.1 Å². The zero-order valence-electron chi connectivity index (χ0n) is 16.3. The van der Waals surface area contributed by atoms with Gasteiger partial charge in [-0.25, -0.2) is 4.98 Å². The topological polar surface area (TPSA) is 154 Å². The van der Waals surface area contributed by atoms with Crippen LogP contribution in [0.15, 0.2) is 32.0 Å². The number of carboxylic acids is 1. The Hall–Kier alpha value is -1.13. The number of aliphatic carboxylic acids is 1. The third-order valence-electron chi connectivity index (χ3n) is 4.39. The second-order valence-electron chi connectivity index (χ2n) is 6.19. The van der Waals surface area contributed by atoms with Gasteiger partial charge in [0.15, 0.2) is 9.47 Å². The molecule has 0 bridgehead atoms. The molecule has 2 atom stereocenters. The van der Waals surface area contributed by atoms with Crippen molar-refractivity contribution in [3.63, 3.8) is 0 Å². The van der Waals surface area contributed by atoms with E-state index in [1.807, 2.05) is 0 Å². The molecule has 0 aliphatic carbocycles. The van der Waals surface area contributed by atoms with Crippen LogP contribution in [0, 0.1) is 0 Å².